The summed E-state index contributed by atoms with van der Waals surface area (Å²) in [6, 6.07) is 5.53. The van der Waals surface area contributed by atoms with E-state index in [-0.39, 0.29) is 5.97 Å². The summed E-state index contributed by atoms with van der Waals surface area (Å²) in [5.74, 6) is 1.91. The number of anilines is 2. The number of carbonyl (C=O) groups is 1. The standard InChI is InChI=1S/C18H21N7O2/c1-3-27-17(26)14-5-4-6-19-16(14)24-9-7-23(8-10-24)15-11-13(2)22-18-20-12-21-25(15)18/h4-6,11-12H,3,7-10H2,1-2H3. The lowest BCUT2D eigenvalue weighted by Gasteiger charge is -2.37. The molecule has 0 aliphatic carbocycles. The highest BCUT2D eigenvalue weighted by Gasteiger charge is 2.24. The first kappa shape index (κ1) is 17.2. The summed E-state index contributed by atoms with van der Waals surface area (Å²) in [5, 5.41) is 4.28. The maximum absolute atomic E-state index is 12.2. The molecule has 0 N–H and O–H groups in total. The second kappa shape index (κ2) is 7.18. The van der Waals surface area contributed by atoms with Crippen LogP contribution in [0.5, 0.6) is 0 Å². The van der Waals surface area contributed by atoms with Crippen molar-refractivity contribution in [3.63, 3.8) is 0 Å². The molecule has 0 saturated carbocycles. The minimum absolute atomic E-state index is 0.336. The van der Waals surface area contributed by atoms with Gasteiger partial charge in [-0.2, -0.15) is 14.6 Å². The lowest BCUT2D eigenvalue weighted by Crippen LogP contribution is -2.48. The first-order valence-corrected chi connectivity index (χ1v) is 8.97. The molecule has 4 heterocycles. The number of pyridine rings is 1. The predicted molar refractivity (Wildman–Crippen MR) is 100 cm³/mol. The normalized spacial score (nSPS) is 14.6. The van der Waals surface area contributed by atoms with E-state index in [0.717, 1.165) is 37.7 Å². The summed E-state index contributed by atoms with van der Waals surface area (Å²) in [6.45, 7) is 7.12. The number of hydrogen-bond acceptors (Lipinski definition) is 8. The van der Waals surface area contributed by atoms with Crippen LogP contribution < -0.4 is 9.80 Å². The van der Waals surface area contributed by atoms with Crippen molar-refractivity contribution in [3.05, 3.63) is 42.0 Å². The van der Waals surface area contributed by atoms with E-state index >= 15 is 0 Å². The van der Waals surface area contributed by atoms with Gasteiger partial charge in [0.15, 0.2) is 0 Å². The van der Waals surface area contributed by atoms with E-state index in [9.17, 15) is 4.79 Å². The Morgan fingerprint density at radius 3 is 2.74 bits per heavy atom. The molecule has 27 heavy (non-hydrogen) atoms. The van der Waals surface area contributed by atoms with E-state index in [4.69, 9.17) is 4.74 Å². The van der Waals surface area contributed by atoms with Crippen LogP contribution in [0.15, 0.2) is 30.7 Å². The number of hydrogen-bond donors (Lipinski definition) is 0. The van der Waals surface area contributed by atoms with Crippen molar-refractivity contribution in [1.29, 1.82) is 0 Å². The zero-order chi connectivity index (χ0) is 18.8. The van der Waals surface area contributed by atoms with Crippen LogP contribution in [0.3, 0.4) is 0 Å². The number of rotatable bonds is 4. The van der Waals surface area contributed by atoms with Crippen LogP contribution in [-0.2, 0) is 4.74 Å². The van der Waals surface area contributed by atoms with E-state index in [2.05, 4.69) is 29.9 Å². The Morgan fingerprint density at radius 1 is 1.19 bits per heavy atom. The molecule has 4 rings (SSSR count). The minimum Gasteiger partial charge on any atom is -0.462 e. The van der Waals surface area contributed by atoms with Crippen molar-refractivity contribution in [3.8, 4) is 0 Å². The molecule has 0 radical (unpaired) electrons. The minimum atomic E-state index is -0.336. The topological polar surface area (TPSA) is 88.8 Å². The number of fused-ring (bicyclic) bond motifs is 1. The molecule has 1 fully saturated rings. The average molecular weight is 367 g/mol. The van der Waals surface area contributed by atoms with Gasteiger partial charge in [-0.25, -0.2) is 14.8 Å². The fourth-order valence-corrected chi connectivity index (χ4v) is 3.30. The van der Waals surface area contributed by atoms with Crippen molar-refractivity contribution < 1.29 is 9.53 Å². The van der Waals surface area contributed by atoms with Gasteiger partial charge < -0.3 is 14.5 Å². The summed E-state index contributed by atoms with van der Waals surface area (Å²) < 4.78 is 6.92. The van der Waals surface area contributed by atoms with Crippen LogP contribution in [0.2, 0.25) is 0 Å². The summed E-state index contributed by atoms with van der Waals surface area (Å²) in [7, 11) is 0. The number of ether oxygens (including phenoxy) is 1. The van der Waals surface area contributed by atoms with E-state index in [1.807, 2.05) is 13.0 Å². The molecule has 0 aromatic carbocycles. The Morgan fingerprint density at radius 2 is 1.96 bits per heavy atom. The third-order valence-electron chi connectivity index (χ3n) is 4.55. The van der Waals surface area contributed by atoms with Gasteiger partial charge >= 0.3 is 5.97 Å². The molecule has 140 valence electrons. The Balaban J connectivity index is 1.55. The van der Waals surface area contributed by atoms with Gasteiger partial charge in [0, 0.05) is 44.1 Å². The van der Waals surface area contributed by atoms with Crippen LogP contribution in [0, 0.1) is 6.92 Å². The molecule has 0 atom stereocenters. The number of esters is 1. The van der Waals surface area contributed by atoms with Crippen LogP contribution in [-0.4, -0.2) is 63.3 Å². The third-order valence-corrected chi connectivity index (χ3v) is 4.55. The number of carbonyl (C=O) groups excluding carboxylic acids is 1. The molecule has 9 heteroatoms. The van der Waals surface area contributed by atoms with E-state index < -0.39 is 0 Å². The van der Waals surface area contributed by atoms with Crippen molar-refractivity contribution >= 4 is 23.4 Å². The predicted octanol–water partition coefficient (Wildman–Crippen LogP) is 1.33. The number of aryl methyl sites for hydroxylation is 1. The zero-order valence-electron chi connectivity index (χ0n) is 15.4. The molecule has 0 unspecified atom stereocenters. The highest BCUT2D eigenvalue weighted by Crippen LogP contribution is 2.23. The zero-order valence-corrected chi connectivity index (χ0v) is 15.4. The highest BCUT2D eigenvalue weighted by molar-refractivity contribution is 5.94. The molecular formula is C18H21N7O2. The van der Waals surface area contributed by atoms with Gasteiger partial charge in [-0.15, -0.1) is 0 Å². The quantitative estimate of drug-likeness (QED) is 0.638. The van der Waals surface area contributed by atoms with Crippen LogP contribution in [0.4, 0.5) is 11.6 Å². The van der Waals surface area contributed by atoms with Crippen molar-refractivity contribution in [2.75, 3.05) is 42.6 Å². The van der Waals surface area contributed by atoms with Crippen LogP contribution >= 0.6 is 0 Å². The maximum atomic E-state index is 12.2. The molecule has 1 aliphatic rings. The monoisotopic (exact) mass is 367 g/mol. The Bertz CT molecular complexity index is 963. The molecule has 0 spiro atoms. The van der Waals surface area contributed by atoms with Gasteiger partial charge in [-0.05, 0) is 26.0 Å². The van der Waals surface area contributed by atoms with Gasteiger partial charge in [0.2, 0.25) is 0 Å². The molecule has 3 aromatic rings. The molecular weight excluding hydrogens is 346 g/mol. The molecule has 1 aliphatic heterocycles. The summed E-state index contributed by atoms with van der Waals surface area (Å²) in [5.41, 5.74) is 1.41. The van der Waals surface area contributed by atoms with Crippen molar-refractivity contribution in [2.24, 2.45) is 0 Å². The SMILES string of the molecule is CCOC(=O)c1cccnc1N1CCN(c2cc(C)nc3ncnn23)CC1. The summed E-state index contributed by atoms with van der Waals surface area (Å²) in [6.07, 6.45) is 3.22. The smallest absolute Gasteiger partial charge is 0.341 e. The first-order valence-electron chi connectivity index (χ1n) is 8.97. The van der Waals surface area contributed by atoms with Crippen LogP contribution in [0.25, 0.3) is 5.78 Å². The van der Waals surface area contributed by atoms with Gasteiger partial charge in [0.25, 0.3) is 5.78 Å². The Kier molecular flexibility index (Phi) is 4.57. The third kappa shape index (κ3) is 3.27. The largest absolute Gasteiger partial charge is 0.462 e. The highest BCUT2D eigenvalue weighted by atomic mass is 16.5. The van der Waals surface area contributed by atoms with Crippen molar-refractivity contribution in [1.82, 2.24) is 24.6 Å². The van der Waals surface area contributed by atoms with Crippen LogP contribution in [0.1, 0.15) is 23.0 Å². The Hall–Kier alpha value is -3.23. The van der Waals surface area contributed by atoms with E-state index in [0.29, 0.717) is 23.8 Å². The van der Waals surface area contributed by atoms with Gasteiger partial charge in [0.1, 0.15) is 23.5 Å². The molecule has 1 saturated heterocycles. The lowest BCUT2D eigenvalue weighted by atomic mass is 10.2. The molecule has 0 amide bonds. The summed E-state index contributed by atoms with van der Waals surface area (Å²) in [4.78, 5) is 29.6. The van der Waals surface area contributed by atoms with E-state index in [1.54, 1.807) is 29.8 Å². The fourth-order valence-electron chi connectivity index (χ4n) is 3.30. The number of aromatic nitrogens is 5. The summed E-state index contributed by atoms with van der Waals surface area (Å²) >= 11 is 0. The molecule has 3 aromatic heterocycles. The lowest BCUT2D eigenvalue weighted by molar-refractivity contribution is 0.0526. The molecule has 9 nitrogen and oxygen atoms in total. The second-order valence-corrected chi connectivity index (χ2v) is 6.30. The van der Waals surface area contributed by atoms with Gasteiger partial charge in [-0.1, -0.05) is 0 Å². The second-order valence-electron chi connectivity index (χ2n) is 6.30. The van der Waals surface area contributed by atoms with Gasteiger partial charge in [0.05, 0.1) is 6.61 Å². The average Bonchev–Trinajstić information content (AvgIpc) is 3.16. The van der Waals surface area contributed by atoms with Crippen molar-refractivity contribution in [2.45, 2.75) is 13.8 Å². The first-order chi connectivity index (χ1) is 13.2. The Labute approximate surface area is 156 Å². The number of nitrogens with zero attached hydrogens (tertiary/aromatic N) is 7. The van der Waals surface area contributed by atoms with E-state index in [1.165, 1.54) is 6.33 Å². The maximum Gasteiger partial charge on any atom is 0.341 e. The number of piperazine rings is 1. The molecule has 0 bridgehead atoms. The van der Waals surface area contributed by atoms with Gasteiger partial charge in [-0.3, -0.25) is 0 Å². The fraction of sp³-hybridized carbons (Fsp3) is 0.389.